The van der Waals surface area contributed by atoms with E-state index in [1.54, 1.807) is 7.11 Å². The van der Waals surface area contributed by atoms with E-state index in [1.165, 1.54) is 5.56 Å². The molecule has 0 fully saturated rings. The summed E-state index contributed by atoms with van der Waals surface area (Å²) in [7, 11) is 1.71. The summed E-state index contributed by atoms with van der Waals surface area (Å²) in [4.78, 5) is 0. The number of hydrogen-bond acceptors (Lipinski definition) is 2. The molecule has 86 valence electrons. The minimum absolute atomic E-state index is 0. The number of methoxy groups -OCH3 is 1. The van der Waals surface area contributed by atoms with Crippen LogP contribution in [0.1, 0.15) is 11.6 Å². The molecule has 0 bridgehead atoms. The molecule has 0 spiro atoms. The van der Waals surface area contributed by atoms with Crippen molar-refractivity contribution in [2.45, 2.75) is 6.04 Å². The Bertz CT molecular complexity index is 244. The molecule has 1 N–H and O–H groups in total. The SMILES string of the molecule is COCC(NCCCl)c1ccccc1.Cl. The standard InChI is InChI=1S/C11H16ClNO.ClH/c1-14-9-11(13-8-7-12)10-5-3-2-4-6-10;/h2-6,11,13H,7-9H2,1H3;1H. The van der Waals surface area contributed by atoms with Crippen LogP contribution in [0.4, 0.5) is 0 Å². The lowest BCUT2D eigenvalue weighted by Crippen LogP contribution is -2.26. The third kappa shape index (κ3) is 5.38. The van der Waals surface area contributed by atoms with Crippen LogP contribution in [0, 0.1) is 0 Å². The van der Waals surface area contributed by atoms with Crippen LogP contribution in [0.25, 0.3) is 0 Å². The van der Waals surface area contributed by atoms with Gasteiger partial charge < -0.3 is 10.1 Å². The molecule has 0 aliphatic rings. The smallest absolute Gasteiger partial charge is 0.0657 e. The Kier molecular flexibility index (Phi) is 8.82. The van der Waals surface area contributed by atoms with Gasteiger partial charge in [0.1, 0.15) is 0 Å². The fourth-order valence-corrected chi connectivity index (χ4v) is 1.46. The van der Waals surface area contributed by atoms with E-state index in [9.17, 15) is 0 Å². The summed E-state index contributed by atoms with van der Waals surface area (Å²) in [6.45, 7) is 1.46. The second-order valence-electron chi connectivity index (χ2n) is 3.06. The number of alkyl halides is 1. The average Bonchev–Trinajstić information content (AvgIpc) is 2.25. The molecule has 4 heteroatoms. The first-order valence-corrected chi connectivity index (χ1v) is 5.25. The van der Waals surface area contributed by atoms with Crippen LogP contribution in [-0.2, 0) is 4.74 Å². The van der Waals surface area contributed by atoms with Gasteiger partial charge in [-0.3, -0.25) is 0 Å². The maximum atomic E-state index is 5.63. The Hall–Kier alpha value is -0.280. The van der Waals surface area contributed by atoms with Gasteiger partial charge in [-0.2, -0.15) is 0 Å². The summed E-state index contributed by atoms with van der Waals surface area (Å²) in [5.74, 6) is 0.618. The largest absolute Gasteiger partial charge is 0.383 e. The molecule has 0 heterocycles. The number of hydrogen-bond donors (Lipinski definition) is 1. The number of halogens is 2. The quantitative estimate of drug-likeness (QED) is 0.783. The highest BCUT2D eigenvalue weighted by Gasteiger charge is 2.08. The Morgan fingerprint density at radius 2 is 2.00 bits per heavy atom. The number of ether oxygens (including phenoxy) is 1. The van der Waals surface area contributed by atoms with E-state index < -0.39 is 0 Å². The maximum Gasteiger partial charge on any atom is 0.0657 e. The highest BCUT2D eigenvalue weighted by molar-refractivity contribution is 6.18. The summed E-state index contributed by atoms with van der Waals surface area (Å²) in [5.41, 5.74) is 1.24. The molecule has 0 amide bonds. The summed E-state index contributed by atoms with van der Waals surface area (Å²) in [6.07, 6.45) is 0. The molecule has 2 nitrogen and oxygen atoms in total. The highest BCUT2D eigenvalue weighted by atomic mass is 35.5. The zero-order valence-corrected chi connectivity index (χ0v) is 10.4. The Labute approximate surface area is 102 Å². The summed E-state index contributed by atoms with van der Waals surface area (Å²) >= 11 is 5.63. The second kappa shape index (κ2) is 8.98. The number of rotatable bonds is 6. The van der Waals surface area contributed by atoms with Gasteiger partial charge in [0.2, 0.25) is 0 Å². The van der Waals surface area contributed by atoms with Crippen molar-refractivity contribution in [1.29, 1.82) is 0 Å². The van der Waals surface area contributed by atoms with Gasteiger partial charge in [-0.25, -0.2) is 0 Å². The van der Waals surface area contributed by atoms with Crippen LogP contribution in [-0.4, -0.2) is 26.1 Å². The van der Waals surface area contributed by atoms with E-state index in [0.717, 1.165) is 6.54 Å². The first-order valence-electron chi connectivity index (χ1n) is 4.71. The van der Waals surface area contributed by atoms with E-state index in [-0.39, 0.29) is 18.4 Å². The van der Waals surface area contributed by atoms with Gasteiger partial charge >= 0.3 is 0 Å². The summed E-state index contributed by atoms with van der Waals surface area (Å²) in [5, 5.41) is 3.33. The average molecular weight is 250 g/mol. The van der Waals surface area contributed by atoms with Gasteiger partial charge in [-0.1, -0.05) is 30.3 Å². The fraction of sp³-hybridized carbons (Fsp3) is 0.455. The Balaban J connectivity index is 0.00000196. The highest BCUT2D eigenvalue weighted by Crippen LogP contribution is 2.12. The topological polar surface area (TPSA) is 21.3 Å². The molecule has 0 aliphatic heterocycles. The van der Waals surface area contributed by atoms with Gasteiger partial charge in [-0.15, -0.1) is 24.0 Å². The molecular weight excluding hydrogens is 233 g/mol. The first kappa shape index (κ1) is 14.7. The normalized spacial score (nSPS) is 11.9. The van der Waals surface area contributed by atoms with E-state index in [2.05, 4.69) is 17.4 Å². The van der Waals surface area contributed by atoms with Gasteiger partial charge in [0.15, 0.2) is 0 Å². The second-order valence-corrected chi connectivity index (χ2v) is 3.44. The lowest BCUT2D eigenvalue weighted by molar-refractivity contribution is 0.168. The van der Waals surface area contributed by atoms with Crippen LogP contribution in [0.5, 0.6) is 0 Å². The third-order valence-electron chi connectivity index (χ3n) is 2.02. The predicted octanol–water partition coefficient (Wildman–Crippen LogP) is 2.62. The van der Waals surface area contributed by atoms with E-state index in [0.29, 0.717) is 12.5 Å². The molecule has 1 atom stereocenters. The predicted molar refractivity (Wildman–Crippen MR) is 67.0 cm³/mol. The van der Waals surface area contributed by atoms with Crippen molar-refractivity contribution in [3.63, 3.8) is 0 Å². The van der Waals surface area contributed by atoms with E-state index in [1.807, 2.05) is 18.2 Å². The molecule has 0 radical (unpaired) electrons. The fourth-order valence-electron chi connectivity index (χ4n) is 1.35. The molecule has 1 unspecified atom stereocenters. The van der Waals surface area contributed by atoms with Crippen molar-refractivity contribution in [3.8, 4) is 0 Å². The van der Waals surface area contributed by atoms with Gasteiger partial charge in [0, 0.05) is 19.5 Å². The minimum Gasteiger partial charge on any atom is -0.383 e. The molecule has 0 aliphatic carbocycles. The van der Waals surface area contributed by atoms with Crippen LogP contribution in [0.2, 0.25) is 0 Å². The van der Waals surface area contributed by atoms with Crippen LogP contribution in [0.15, 0.2) is 30.3 Å². The zero-order valence-electron chi connectivity index (χ0n) is 8.78. The number of nitrogens with one attached hydrogen (secondary N) is 1. The van der Waals surface area contributed by atoms with Crippen molar-refractivity contribution in [2.24, 2.45) is 0 Å². The van der Waals surface area contributed by atoms with Crippen molar-refractivity contribution in [3.05, 3.63) is 35.9 Å². The van der Waals surface area contributed by atoms with Crippen LogP contribution >= 0.6 is 24.0 Å². The lowest BCUT2D eigenvalue weighted by atomic mass is 10.1. The molecule has 0 aromatic heterocycles. The van der Waals surface area contributed by atoms with Crippen LogP contribution < -0.4 is 5.32 Å². The molecular formula is C11H17Cl2NO. The van der Waals surface area contributed by atoms with Gasteiger partial charge in [0.25, 0.3) is 0 Å². The minimum atomic E-state index is 0. The van der Waals surface area contributed by atoms with Crippen molar-refractivity contribution in [2.75, 3.05) is 26.1 Å². The molecule has 15 heavy (non-hydrogen) atoms. The van der Waals surface area contributed by atoms with E-state index >= 15 is 0 Å². The molecule has 1 rings (SSSR count). The Morgan fingerprint density at radius 3 is 2.53 bits per heavy atom. The monoisotopic (exact) mass is 249 g/mol. The molecule has 0 saturated heterocycles. The van der Waals surface area contributed by atoms with Crippen LogP contribution in [0.3, 0.4) is 0 Å². The first-order chi connectivity index (χ1) is 6.88. The van der Waals surface area contributed by atoms with Crippen molar-refractivity contribution >= 4 is 24.0 Å². The Morgan fingerprint density at radius 1 is 1.33 bits per heavy atom. The summed E-state index contributed by atoms with van der Waals surface area (Å²) < 4.78 is 5.15. The van der Waals surface area contributed by atoms with Crippen molar-refractivity contribution < 1.29 is 4.74 Å². The third-order valence-corrected chi connectivity index (χ3v) is 2.21. The molecule has 0 saturated carbocycles. The maximum absolute atomic E-state index is 5.63. The molecule has 1 aromatic rings. The lowest BCUT2D eigenvalue weighted by Gasteiger charge is -2.17. The van der Waals surface area contributed by atoms with Gasteiger partial charge in [0.05, 0.1) is 12.6 Å². The van der Waals surface area contributed by atoms with Gasteiger partial charge in [-0.05, 0) is 5.56 Å². The molecule has 1 aromatic carbocycles. The summed E-state index contributed by atoms with van der Waals surface area (Å²) in [6, 6.07) is 10.5. The zero-order chi connectivity index (χ0) is 10.2. The number of benzene rings is 1. The van der Waals surface area contributed by atoms with Crippen molar-refractivity contribution in [1.82, 2.24) is 5.32 Å². The van der Waals surface area contributed by atoms with E-state index in [4.69, 9.17) is 16.3 Å².